The molecule has 7 rings (SSSR count). The third kappa shape index (κ3) is 6.42. The molecule has 0 unspecified atom stereocenters. The quantitative estimate of drug-likeness (QED) is 0.260. The van der Waals surface area contributed by atoms with Crippen LogP contribution in [0.5, 0.6) is 0 Å². The van der Waals surface area contributed by atoms with Crippen molar-refractivity contribution >= 4 is 23.2 Å². The Morgan fingerprint density at radius 2 is 1.54 bits per heavy atom. The van der Waals surface area contributed by atoms with E-state index >= 15 is 0 Å². The van der Waals surface area contributed by atoms with Crippen molar-refractivity contribution in [2.24, 2.45) is 11.8 Å². The summed E-state index contributed by atoms with van der Waals surface area (Å²) in [5, 5.41) is 3.29. The first-order chi connectivity index (χ1) is 22.6. The van der Waals surface area contributed by atoms with Gasteiger partial charge in [-0.25, -0.2) is 0 Å². The summed E-state index contributed by atoms with van der Waals surface area (Å²) in [6, 6.07) is 30.6. The summed E-state index contributed by atoms with van der Waals surface area (Å²) >= 11 is 0. The monoisotopic (exact) mass is 614 g/mol. The topological polar surface area (TPSA) is 74.8 Å². The zero-order valence-corrected chi connectivity index (χ0v) is 26.3. The van der Waals surface area contributed by atoms with Crippen LogP contribution in [0, 0.1) is 11.8 Å². The second-order valence-electron chi connectivity index (χ2n) is 13.1. The Bertz CT molecular complexity index is 1640. The summed E-state index contributed by atoms with van der Waals surface area (Å²) in [5.74, 6) is 0.656. The molecule has 0 radical (unpaired) electrons. The minimum absolute atomic E-state index is 0.0393. The lowest BCUT2D eigenvalue weighted by atomic mass is 9.62. The number of fused-ring (bicyclic) bond motifs is 2. The molecule has 2 heterocycles. The summed E-state index contributed by atoms with van der Waals surface area (Å²) in [6.45, 7) is 3.48. The van der Waals surface area contributed by atoms with Crippen LogP contribution in [0.25, 0.3) is 0 Å². The van der Waals surface area contributed by atoms with Crippen LogP contribution in [0.15, 0.2) is 103 Å². The predicted octanol–water partition coefficient (Wildman–Crippen LogP) is 6.08. The van der Waals surface area contributed by atoms with Crippen LogP contribution in [0.2, 0.25) is 0 Å². The van der Waals surface area contributed by atoms with Crippen LogP contribution in [0.3, 0.4) is 0 Å². The van der Waals surface area contributed by atoms with Gasteiger partial charge in [-0.05, 0) is 96.5 Å². The third-order valence-electron chi connectivity index (χ3n) is 10.3. The fraction of sp³-hybridized carbons (Fsp3) is 0.359. The summed E-state index contributed by atoms with van der Waals surface area (Å²) in [7, 11) is 0. The molecule has 3 atom stereocenters. The number of aromatic nitrogens is 1. The molecule has 7 heteroatoms. The Kier molecular flexibility index (Phi) is 8.84. The largest absolute Gasteiger partial charge is 0.378 e. The van der Waals surface area contributed by atoms with Gasteiger partial charge < -0.3 is 19.9 Å². The number of carbonyl (C=O) groups excluding carboxylic acids is 2. The van der Waals surface area contributed by atoms with E-state index in [2.05, 4.69) is 51.6 Å². The number of nitrogens with one attached hydrogen (secondary N) is 1. The highest BCUT2D eigenvalue weighted by Crippen LogP contribution is 2.47. The van der Waals surface area contributed by atoms with Gasteiger partial charge in [0.15, 0.2) is 0 Å². The molecule has 1 N–H and O–H groups in total. The molecule has 1 saturated heterocycles. The zero-order valence-electron chi connectivity index (χ0n) is 26.3. The standard InChI is InChI=1S/C39H42N4O3/c44-37(23-29-7-2-1-3-8-29)43(28-30-9-6-18-40-27-30)39(17-16-33-24-31-10-4-5-11-32(31)25-34(33)26-39)38(45)41-35-12-14-36(15-13-35)42-19-21-46-22-20-42/h1-15,18,27,33-34H,16-17,19-26,28H2,(H,41,45)/t33-,34-,39+/m0/s1. The van der Waals surface area contributed by atoms with Crippen LogP contribution >= 0.6 is 0 Å². The average molecular weight is 615 g/mol. The van der Waals surface area contributed by atoms with E-state index in [1.807, 2.05) is 59.5 Å². The summed E-state index contributed by atoms with van der Waals surface area (Å²) in [4.78, 5) is 37.8. The molecule has 1 saturated carbocycles. The number of hydrogen-bond acceptors (Lipinski definition) is 5. The lowest BCUT2D eigenvalue weighted by molar-refractivity contribution is -0.150. The molecule has 2 aliphatic carbocycles. The van der Waals surface area contributed by atoms with E-state index in [1.54, 1.807) is 12.4 Å². The number of amides is 2. The summed E-state index contributed by atoms with van der Waals surface area (Å²) < 4.78 is 5.52. The van der Waals surface area contributed by atoms with Crippen molar-refractivity contribution in [3.63, 3.8) is 0 Å². The van der Waals surface area contributed by atoms with Gasteiger partial charge in [0.1, 0.15) is 5.54 Å². The Hall–Kier alpha value is -4.49. The maximum absolute atomic E-state index is 14.8. The van der Waals surface area contributed by atoms with E-state index in [1.165, 1.54) is 11.1 Å². The molecule has 3 aromatic carbocycles. The molecule has 0 spiro atoms. The maximum Gasteiger partial charge on any atom is 0.250 e. The number of carbonyl (C=O) groups is 2. The molecule has 0 bridgehead atoms. The van der Waals surface area contributed by atoms with Crippen molar-refractivity contribution in [3.05, 3.63) is 126 Å². The van der Waals surface area contributed by atoms with Crippen molar-refractivity contribution < 1.29 is 14.3 Å². The van der Waals surface area contributed by atoms with Gasteiger partial charge in [0.2, 0.25) is 11.8 Å². The van der Waals surface area contributed by atoms with Crippen molar-refractivity contribution in [2.75, 3.05) is 36.5 Å². The van der Waals surface area contributed by atoms with E-state index in [-0.39, 0.29) is 18.2 Å². The van der Waals surface area contributed by atoms with Crippen molar-refractivity contribution in [1.29, 1.82) is 0 Å². The first-order valence-corrected chi connectivity index (χ1v) is 16.6. The zero-order chi connectivity index (χ0) is 31.3. The SMILES string of the molecule is O=C(Cc1ccccc1)N(Cc1cccnc1)[C@]1(C(=O)Nc2ccc(N3CCOCC3)cc2)CC[C@H]2Cc3ccccc3C[C@H]2C1. The van der Waals surface area contributed by atoms with Crippen molar-refractivity contribution in [3.8, 4) is 0 Å². The Balaban J connectivity index is 1.23. The van der Waals surface area contributed by atoms with Gasteiger partial charge in [-0.1, -0.05) is 60.7 Å². The number of anilines is 2. The molecule has 4 aromatic rings. The van der Waals surface area contributed by atoms with E-state index in [0.29, 0.717) is 31.2 Å². The second kappa shape index (κ2) is 13.5. The first-order valence-electron chi connectivity index (χ1n) is 16.6. The van der Waals surface area contributed by atoms with E-state index < -0.39 is 5.54 Å². The molecule has 3 aliphatic rings. The van der Waals surface area contributed by atoms with E-state index in [0.717, 1.165) is 68.1 Å². The number of pyridine rings is 1. The van der Waals surface area contributed by atoms with Gasteiger partial charge in [-0.2, -0.15) is 0 Å². The molecule has 2 amide bonds. The number of ether oxygens (including phenoxy) is 1. The predicted molar refractivity (Wildman–Crippen MR) is 180 cm³/mol. The average Bonchev–Trinajstić information content (AvgIpc) is 3.11. The number of morpholine rings is 1. The van der Waals surface area contributed by atoms with Crippen LogP contribution in [-0.4, -0.2) is 53.5 Å². The number of benzene rings is 3. The molecule has 7 nitrogen and oxygen atoms in total. The molecule has 1 aliphatic heterocycles. The fourth-order valence-corrected chi connectivity index (χ4v) is 7.81. The van der Waals surface area contributed by atoms with Crippen LogP contribution in [0.1, 0.15) is 41.5 Å². The lowest BCUT2D eigenvalue weighted by Crippen LogP contribution is -2.62. The molecular weight excluding hydrogens is 572 g/mol. The van der Waals surface area contributed by atoms with Crippen LogP contribution in [-0.2, 0) is 40.1 Å². The van der Waals surface area contributed by atoms with Crippen molar-refractivity contribution in [2.45, 2.75) is 50.6 Å². The minimum Gasteiger partial charge on any atom is -0.378 e. The first kappa shape index (κ1) is 30.2. The number of hydrogen-bond donors (Lipinski definition) is 1. The molecular formula is C39H42N4O3. The number of rotatable bonds is 8. The maximum atomic E-state index is 14.8. The van der Waals surface area contributed by atoms with Gasteiger partial charge in [-0.15, -0.1) is 0 Å². The Morgan fingerprint density at radius 3 is 2.26 bits per heavy atom. The molecule has 1 aromatic heterocycles. The second-order valence-corrected chi connectivity index (χ2v) is 13.1. The highest BCUT2D eigenvalue weighted by molar-refractivity contribution is 6.01. The molecule has 2 fully saturated rings. The fourth-order valence-electron chi connectivity index (χ4n) is 7.81. The normalized spacial score (nSPS) is 22.3. The minimum atomic E-state index is -1.00. The van der Waals surface area contributed by atoms with Crippen LogP contribution < -0.4 is 10.2 Å². The van der Waals surface area contributed by atoms with Gasteiger partial charge in [0.25, 0.3) is 0 Å². The van der Waals surface area contributed by atoms with E-state index in [4.69, 9.17) is 4.74 Å². The molecule has 46 heavy (non-hydrogen) atoms. The smallest absolute Gasteiger partial charge is 0.250 e. The molecule has 236 valence electrons. The van der Waals surface area contributed by atoms with E-state index in [9.17, 15) is 9.59 Å². The van der Waals surface area contributed by atoms with Gasteiger partial charge in [0, 0.05) is 43.4 Å². The number of nitrogens with zero attached hydrogens (tertiary/aromatic N) is 3. The third-order valence-corrected chi connectivity index (χ3v) is 10.3. The lowest BCUT2D eigenvalue weighted by Gasteiger charge is -2.51. The van der Waals surface area contributed by atoms with Gasteiger partial charge in [0.05, 0.1) is 19.6 Å². The van der Waals surface area contributed by atoms with Crippen LogP contribution in [0.4, 0.5) is 11.4 Å². The van der Waals surface area contributed by atoms with Crippen molar-refractivity contribution in [1.82, 2.24) is 9.88 Å². The highest BCUT2D eigenvalue weighted by Gasteiger charge is 2.52. The van der Waals surface area contributed by atoms with Gasteiger partial charge in [-0.3, -0.25) is 14.6 Å². The summed E-state index contributed by atoms with van der Waals surface area (Å²) in [5.41, 5.74) is 5.52. The Morgan fingerprint density at radius 1 is 0.848 bits per heavy atom. The Labute approximate surface area is 271 Å². The van der Waals surface area contributed by atoms with Gasteiger partial charge >= 0.3 is 0 Å². The summed E-state index contributed by atoms with van der Waals surface area (Å²) in [6.07, 6.45) is 7.89. The highest BCUT2D eigenvalue weighted by atomic mass is 16.5.